The predicted molar refractivity (Wildman–Crippen MR) is 81.9 cm³/mol. The zero-order chi connectivity index (χ0) is 15.2. The Balaban J connectivity index is 2.04. The minimum atomic E-state index is -0.454. The van der Waals surface area contributed by atoms with E-state index in [2.05, 4.69) is 36.5 Å². The van der Waals surface area contributed by atoms with Gasteiger partial charge >= 0.3 is 6.03 Å². The molecule has 0 saturated heterocycles. The molecule has 0 fully saturated rings. The van der Waals surface area contributed by atoms with Gasteiger partial charge in [-0.05, 0) is 28.1 Å². The van der Waals surface area contributed by atoms with Gasteiger partial charge < -0.3 is 14.8 Å². The molecule has 0 radical (unpaired) electrons. The first-order valence-electron chi connectivity index (χ1n) is 5.90. The van der Waals surface area contributed by atoms with E-state index in [-0.39, 0.29) is 5.95 Å². The van der Waals surface area contributed by atoms with Gasteiger partial charge in [-0.15, -0.1) is 0 Å². The van der Waals surface area contributed by atoms with Gasteiger partial charge in [-0.2, -0.15) is 0 Å². The van der Waals surface area contributed by atoms with Crippen molar-refractivity contribution in [3.05, 3.63) is 35.1 Å². The van der Waals surface area contributed by atoms with Crippen LogP contribution in [-0.4, -0.2) is 30.2 Å². The molecule has 0 aliphatic carbocycles. The Morgan fingerprint density at radius 1 is 1.10 bits per heavy atom. The number of aromatic nitrogens is 2. The van der Waals surface area contributed by atoms with Crippen LogP contribution in [-0.2, 0) is 0 Å². The van der Waals surface area contributed by atoms with Crippen molar-refractivity contribution < 1.29 is 14.3 Å². The highest BCUT2D eigenvalue weighted by molar-refractivity contribution is 9.10. The number of carbonyl (C=O) groups is 1. The molecule has 1 aromatic carbocycles. The summed E-state index contributed by atoms with van der Waals surface area (Å²) in [6.45, 7) is 0. The van der Waals surface area contributed by atoms with Gasteiger partial charge in [0.05, 0.1) is 18.7 Å². The predicted octanol–water partition coefficient (Wildman–Crippen LogP) is 2.90. The normalized spacial score (nSPS) is 9.86. The number of ether oxygens (including phenoxy) is 2. The summed E-state index contributed by atoms with van der Waals surface area (Å²) in [4.78, 5) is 19.7. The van der Waals surface area contributed by atoms with Gasteiger partial charge in [-0.25, -0.2) is 14.8 Å². The number of nitrogens with zero attached hydrogens (tertiary/aromatic N) is 2. The average Bonchev–Trinajstić information content (AvgIpc) is 2.49. The second-order valence-electron chi connectivity index (χ2n) is 3.87. The number of hydrogen-bond acceptors (Lipinski definition) is 5. The lowest BCUT2D eigenvalue weighted by atomic mass is 10.3. The maximum absolute atomic E-state index is 11.8. The van der Waals surface area contributed by atoms with Gasteiger partial charge in [0.2, 0.25) is 5.95 Å². The van der Waals surface area contributed by atoms with Crippen LogP contribution in [0.3, 0.4) is 0 Å². The molecule has 0 unspecified atom stereocenters. The molecule has 110 valence electrons. The van der Waals surface area contributed by atoms with Crippen molar-refractivity contribution in [3.8, 4) is 11.5 Å². The monoisotopic (exact) mass is 352 g/mol. The van der Waals surface area contributed by atoms with E-state index in [1.807, 2.05) is 0 Å². The first-order valence-corrected chi connectivity index (χ1v) is 6.69. The number of carbonyl (C=O) groups excluding carboxylic acids is 1. The summed E-state index contributed by atoms with van der Waals surface area (Å²) in [6.07, 6.45) is 3.08. The summed E-state index contributed by atoms with van der Waals surface area (Å²) in [6, 6.07) is 4.60. The topological polar surface area (TPSA) is 85.4 Å². The van der Waals surface area contributed by atoms with Gasteiger partial charge in [0.25, 0.3) is 0 Å². The van der Waals surface area contributed by atoms with Crippen molar-refractivity contribution in [2.45, 2.75) is 0 Å². The molecule has 1 heterocycles. The van der Waals surface area contributed by atoms with Crippen LogP contribution in [0.5, 0.6) is 11.5 Å². The highest BCUT2D eigenvalue weighted by atomic mass is 79.9. The smallest absolute Gasteiger partial charge is 0.326 e. The number of urea groups is 1. The Bertz CT molecular complexity index is 634. The summed E-state index contributed by atoms with van der Waals surface area (Å²) >= 11 is 3.22. The van der Waals surface area contributed by atoms with Crippen LogP contribution in [0.25, 0.3) is 0 Å². The molecule has 0 bridgehead atoms. The summed E-state index contributed by atoms with van der Waals surface area (Å²) in [5.41, 5.74) is 0.558. The molecular weight excluding hydrogens is 340 g/mol. The van der Waals surface area contributed by atoms with Crippen molar-refractivity contribution in [1.29, 1.82) is 0 Å². The highest BCUT2D eigenvalue weighted by Crippen LogP contribution is 2.29. The molecule has 0 aliphatic heterocycles. The first kappa shape index (κ1) is 15.0. The summed E-state index contributed by atoms with van der Waals surface area (Å²) in [5, 5.41) is 5.17. The van der Waals surface area contributed by atoms with Gasteiger partial charge in [0.15, 0.2) is 11.5 Å². The zero-order valence-electron chi connectivity index (χ0n) is 11.4. The molecule has 0 aliphatic rings. The Morgan fingerprint density at radius 2 is 1.76 bits per heavy atom. The lowest BCUT2D eigenvalue weighted by Gasteiger charge is -2.10. The Hall–Kier alpha value is -2.35. The third-order valence-electron chi connectivity index (χ3n) is 2.49. The second-order valence-corrected chi connectivity index (χ2v) is 4.79. The maximum atomic E-state index is 11.8. The largest absolute Gasteiger partial charge is 0.493 e. The number of rotatable bonds is 4. The molecule has 2 N–H and O–H groups in total. The van der Waals surface area contributed by atoms with Crippen molar-refractivity contribution >= 4 is 33.6 Å². The first-order chi connectivity index (χ1) is 10.1. The van der Waals surface area contributed by atoms with E-state index in [9.17, 15) is 4.79 Å². The van der Waals surface area contributed by atoms with E-state index in [4.69, 9.17) is 9.47 Å². The average molecular weight is 353 g/mol. The number of methoxy groups -OCH3 is 2. The molecule has 0 saturated carbocycles. The summed E-state index contributed by atoms with van der Waals surface area (Å²) < 4.78 is 11.0. The second kappa shape index (κ2) is 6.89. The summed E-state index contributed by atoms with van der Waals surface area (Å²) in [5.74, 6) is 1.31. The lowest BCUT2D eigenvalue weighted by Crippen LogP contribution is -2.20. The van der Waals surface area contributed by atoms with Crippen LogP contribution in [0, 0.1) is 0 Å². The number of hydrogen-bond donors (Lipinski definition) is 2. The molecule has 0 spiro atoms. The number of benzene rings is 1. The SMILES string of the molecule is COc1ccc(NC(=O)Nc2ncc(Br)cn2)cc1OC. The minimum Gasteiger partial charge on any atom is -0.493 e. The van der Waals surface area contributed by atoms with E-state index in [1.165, 1.54) is 7.11 Å². The third kappa shape index (κ3) is 4.06. The van der Waals surface area contributed by atoms with Crippen molar-refractivity contribution in [2.75, 3.05) is 24.9 Å². The Kier molecular flexibility index (Phi) is 4.94. The van der Waals surface area contributed by atoms with Crippen molar-refractivity contribution in [3.63, 3.8) is 0 Å². The van der Waals surface area contributed by atoms with Gasteiger partial charge in [-0.1, -0.05) is 0 Å². The van der Waals surface area contributed by atoms with Crippen LogP contribution < -0.4 is 20.1 Å². The van der Waals surface area contributed by atoms with Crippen molar-refractivity contribution in [1.82, 2.24) is 9.97 Å². The third-order valence-corrected chi connectivity index (χ3v) is 2.90. The van der Waals surface area contributed by atoms with Gasteiger partial charge in [0.1, 0.15) is 0 Å². The highest BCUT2D eigenvalue weighted by Gasteiger charge is 2.08. The fourth-order valence-corrected chi connectivity index (χ4v) is 1.76. The van der Waals surface area contributed by atoms with Crippen LogP contribution in [0.2, 0.25) is 0 Å². The van der Waals surface area contributed by atoms with Crippen LogP contribution in [0.4, 0.5) is 16.4 Å². The molecule has 1 aromatic heterocycles. The number of nitrogens with one attached hydrogen (secondary N) is 2. The molecule has 2 amide bonds. The molecule has 0 atom stereocenters. The molecule has 2 rings (SSSR count). The van der Waals surface area contributed by atoms with E-state index >= 15 is 0 Å². The van der Waals surface area contributed by atoms with Gasteiger partial charge in [0, 0.05) is 24.1 Å². The number of halogens is 1. The summed E-state index contributed by atoms with van der Waals surface area (Å²) in [7, 11) is 3.07. The Morgan fingerprint density at radius 3 is 2.38 bits per heavy atom. The molecular formula is C13H13BrN4O3. The molecule has 7 nitrogen and oxygen atoms in total. The van der Waals surface area contributed by atoms with E-state index in [0.29, 0.717) is 17.2 Å². The van der Waals surface area contributed by atoms with E-state index in [1.54, 1.807) is 37.7 Å². The lowest BCUT2D eigenvalue weighted by molar-refractivity contribution is 0.262. The van der Waals surface area contributed by atoms with Crippen LogP contribution >= 0.6 is 15.9 Å². The minimum absolute atomic E-state index is 0.205. The van der Waals surface area contributed by atoms with E-state index < -0.39 is 6.03 Å². The van der Waals surface area contributed by atoms with E-state index in [0.717, 1.165) is 4.47 Å². The quantitative estimate of drug-likeness (QED) is 0.883. The van der Waals surface area contributed by atoms with Crippen LogP contribution in [0.1, 0.15) is 0 Å². The maximum Gasteiger partial charge on any atom is 0.326 e. The standard InChI is InChI=1S/C13H13BrN4O3/c1-20-10-4-3-9(5-11(10)21-2)17-13(19)18-12-15-6-8(14)7-16-12/h3-7H,1-2H3,(H2,15,16,17,18,19). The number of amides is 2. The molecule has 8 heteroatoms. The van der Waals surface area contributed by atoms with Crippen molar-refractivity contribution in [2.24, 2.45) is 0 Å². The van der Waals surface area contributed by atoms with Crippen LogP contribution in [0.15, 0.2) is 35.1 Å². The fourth-order valence-electron chi connectivity index (χ4n) is 1.55. The number of anilines is 2. The molecule has 21 heavy (non-hydrogen) atoms. The molecule has 2 aromatic rings. The Labute approximate surface area is 129 Å². The van der Waals surface area contributed by atoms with Gasteiger partial charge in [-0.3, -0.25) is 5.32 Å². The zero-order valence-corrected chi connectivity index (χ0v) is 13.0. The fraction of sp³-hybridized carbons (Fsp3) is 0.154.